The van der Waals surface area contributed by atoms with Gasteiger partial charge in [0.05, 0.1) is 23.3 Å². The summed E-state index contributed by atoms with van der Waals surface area (Å²) >= 11 is 0. The molecular formula is C12H12N4O4S. The van der Waals surface area contributed by atoms with Crippen molar-refractivity contribution < 1.29 is 17.9 Å². The predicted molar refractivity (Wildman–Crippen MR) is 74.4 cm³/mol. The van der Waals surface area contributed by atoms with Gasteiger partial charge in [0.15, 0.2) is 0 Å². The molecule has 2 aromatic rings. The van der Waals surface area contributed by atoms with Crippen LogP contribution < -0.4 is 15.2 Å². The molecule has 0 saturated heterocycles. The number of ether oxygens (including phenoxy) is 1. The van der Waals surface area contributed by atoms with Gasteiger partial charge in [0, 0.05) is 12.4 Å². The second-order valence-corrected chi connectivity index (χ2v) is 5.55. The van der Waals surface area contributed by atoms with Crippen LogP contribution in [0, 0.1) is 0 Å². The zero-order chi connectivity index (χ0) is 15.5. The SMILES string of the molecule is COc1ccc(S(N)(=O)=O)cc1NC(=O)c1cncnc1. The molecule has 0 radical (unpaired) electrons. The minimum atomic E-state index is -3.88. The lowest BCUT2D eigenvalue weighted by Gasteiger charge is -2.11. The molecule has 0 spiro atoms. The minimum Gasteiger partial charge on any atom is -0.495 e. The standard InChI is InChI=1S/C12H12N4O4S/c1-20-11-3-2-9(21(13,18)19)4-10(11)16-12(17)8-5-14-7-15-6-8/h2-7H,1H3,(H,16,17)(H2,13,18,19). The molecule has 1 heterocycles. The highest BCUT2D eigenvalue weighted by molar-refractivity contribution is 7.89. The maximum absolute atomic E-state index is 12.0. The summed E-state index contributed by atoms with van der Waals surface area (Å²) in [5.74, 6) is -0.201. The van der Waals surface area contributed by atoms with Crippen molar-refractivity contribution in [3.8, 4) is 5.75 Å². The highest BCUT2D eigenvalue weighted by Gasteiger charge is 2.15. The van der Waals surface area contributed by atoms with Gasteiger partial charge in [-0.1, -0.05) is 0 Å². The molecule has 0 unspecified atom stereocenters. The monoisotopic (exact) mass is 308 g/mol. The van der Waals surface area contributed by atoms with E-state index in [1.54, 1.807) is 0 Å². The first-order chi connectivity index (χ1) is 9.91. The van der Waals surface area contributed by atoms with Crippen molar-refractivity contribution in [1.82, 2.24) is 9.97 Å². The number of nitrogens with two attached hydrogens (primary N) is 1. The van der Waals surface area contributed by atoms with Crippen LogP contribution in [0.4, 0.5) is 5.69 Å². The molecule has 110 valence electrons. The number of sulfonamides is 1. The number of nitrogens with zero attached hydrogens (tertiary/aromatic N) is 2. The molecule has 0 aliphatic rings. The Balaban J connectivity index is 2.36. The Morgan fingerprint density at radius 3 is 2.52 bits per heavy atom. The van der Waals surface area contributed by atoms with E-state index in [1.807, 2.05) is 0 Å². The summed E-state index contributed by atoms with van der Waals surface area (Å²) in [5, 5.41) is 7.58. The van der Waals surface area contributed by atoms with E-state index in [0.717, 1.165) is 0 Å². The molecule has 2 rings (SSSR count). The van der Waals surface area contributed by atoms with Crippen molar-refractivity contribution in [2.24, 2.45) is 5.14 Å². The molecular weight excluding hydrogens is 296 g/mol. The summed E-state index contributed by atoms with van der Waals surface area (Å²) in [4.78, 5) is 19.3. The van der Waals surface area contributed by atoms with E-state index in [4.69, 9.17) is 9.88 Å². The van der Waals surface area contributed by atoms with Gasteiger partial charge in [0.2, 0.25) is 10.0 Å². The number of aromatic nitrogens is 2. The molecule has 0 bridgehead atoms. The molecule has 0 atom stereocenters. The fraction of sp³-hybridized carbons (Fsp3) is 0.0833. The first-order valence-corrected chi connectivity index (χ1v) is 7.23. The molecule has 1 amide bonds. The highest BCUT2D eigenvalue weighted by atomic mass is 32.2. The van der Waals surface area contributed by atoms with E-state index in [1.165, 1.54) is 44.0 Å². The van der Waals surface area contributed by atoms with Crippen molar-refractivity contribution in [2.75, 3.05) is 12.4 Å². The third-order valence-electron chi connectivity index (χ3n) is 2.57. The highest BCUT2D eigenvalue weighted by Crippen LogP contribution is 2.27. The number of amides is 1. The van der Waals surface area contributed by atoms with Crippen LogP contribution in [-0.4, -0.2) is 31.4 Å². The van der Waals surface area contributed by atoms with Crippen molar-refractivity contribution in [1.29, 1.82) is 0 Å². The lowest BCUT2D eigenvalue weighted by molar-refractivity contribution is 0.102. The van der Waals surface area contributed by atoms with Crippen LogP contribution >= 0.6 is 0 Å². The summed E-state index contributed by atoms with van der Waals surface area (Å²) in [6, 6.07) is 3.90. The molecule has 0 aliphatic carbocycles. The Hall–Kier alpha value is -2.52. The van der Waals surface area contributed by atoms with Crippen LogP contribution in [0.5, 0.6) is 5.75 Å². The summed E-state index contributed by atoms with van der Waals surface area (Å²) in [6.07, 6.45) is 3.95. The van der Waals surface area contributed by atoms with Gasteiger partial charge >= 0.3 is 0 Å². The Morgan fingerprint density at radius 1 is 1.29 bits per heavy atom. The van der Waals surface area contributed by atoms with E-state index in [-0.39, 0.29) is 16.1 Å². The average Bonchev–Trinajstić information content (AvgIpc) is 2.47. The van der Waals surface area contributed by atoms with Gasteiger partial charge in [-0.15, -0.1) is 0 Å². The molecule has 1 aromatic carbocycles. The molecule has 1 aromatic heterocycles. The van der Waals surface area contributed by atoms with E-state index >= 15 is 0 Å². The number of rotatable bonds is 4. The number of anilines is 1. The van der Waals surface area contributed by atoms with Crippen molar-refractivity contribution in [3.05, 3.63) is 42.5 Å². The van der Waals surface area contributed by atoms with Crippen molar-refractivity contribution >= 4 is 21.6 Å². The molecule has 9 heteroatoms. The second-order valence-electron chi connectivity index (χ2n) is 3.99. The number of hydrogen-bond acceptors (Lipinski definition) is 6. The van der Waals surface area contributed by atoms with Crippen LogP contribution in [0.1, 0.15) is 10.4 Å². The summed E-state index contributed by atoms with van der Waals surface area (Å²) in [7, 11) is -2.49. The molecule has 0 saturated carbocycles. The largest absolute Gasteiger partial charge is 0.495 e. The lowest BCUT2D eigenvalue weighted by Crippen LogP contribution is -2.15. The number of benzene rings is 1. The number of hydrogen-bond donors (Lipinski definition) is 2. The fourth-order valence-corrected chi connectivity index (χ4v) is 2.11. The van der Waals surface area contributed by atoms with Crippen molar-refractivity contribution in [2.45, 2.75) is 4.90 Å². The van der Waals surface area contributed by atoms with Gasteiger partial charge in [-0.05, 0) is 18.2 Å². The van der Waals surface area contributed by atoms with E-state index in [9.17, 15) is 13.2 Å². The fourth-order valence-electron chi connectivity index (χ4n) is 1.57. The normalized spacial score (nSPS) is 11.0. The Morgan fingerprint density at radius 2 is 1.95 bits per heavy atom. The average molecular weight is 308 g/mol. The molecule has 8 nitrogen and oxygen atoms in total. The minimum absolute atomic E-state index is 0.136. The third-order valence-corrected chi connectivity index (χ3v) is 3.48. The first kappa shape index (κ1) is 14.9. The van der Waals surface area contributed by atoms with Gasteiger partial charge < -0.3 is 10.1 Å². The molecule has 0 fully saturated rings. The zero-order valence-corrected chi connectivity index (χ0v) is 11.8. The van der Waals surface area contributed by atoms with Crippen LogP contribution in [0.15, 0.2) is 41.8 Å². The van der Waals surface area contributed by atoms with Crippen LogP contribution in [0.3, 0.4) is 0 Å². The van der Waals surface area contributed by atoms with E-state index < -0.39 is 15.9 Å². The number of carbonyl (C=O) groups is 1. The molecule has 3 N–H and O–H groups in total. The van der Waals surface area contributed by atoms with Gasteiger partial charge in [-0.25, -0.2) is 23.5 Å². The lowest BCUT2D eigenvalue weighted by atomic mass is 10.2. The van der Waals surface area contributed by atoms with E-state index in [2.05, 4.69) is 15.3 Å². The second kappa shape index (κ2) is 5.85. The smallest absolute Gasteiger partial charge is 0.258 e. The zero-order valence-electron chi connectivity index (χ0n) is 11.0. The third kappa shape index (κ3) is 3.52. The topological polar surface area (TPSA) is 124 Å². The number of primary sulfonamides is 1. The Bertz CT molecular complexity index is 762. The van der Waals surface area contributed by atoms with Crippen LogP contribution in [0.25, 0.3) is 0 Å². The Kier molecular flexibility index (Phi) is 4.15. The summed E-state index contributed by atoms with van der Waals surface area (Å²) in [6.45, 7) is 0. The first-order valence-electron chi connectivity index (χ1n) is 5.69. The molecule has 21 heavy (non-hydrogen) atoms. The molecule has 0 aliphatic heterocycles. The maximum atomic E-state index is 12.0. The van der Waals surface area contributed by atoms with Gasteiger partial charge in [0.25, 0.3) is 5.91 Å². The van der Waals surface area contributed by atoms with Crippen molar-refractivity contribution in [3.63, 3.8) is 0 Å². The Labute approximate surface area is 121 Å². The number of nitrogens with one attached hydrogen (secondary N) is 1. The number of carbonyl (C=O) groups excluding carboxylic acids is 1. The van der Waals surface area contributed by atoms with Gasteiger partial charge in [-0.3, -0.25) is 4.79 Å². The quantitative estimate of drug-likeness (QED) is 0.841. The number of methoxy groups -OCH3 is 1. The van der Waals surface area contributed by atoms with Crippen LogP contribution in [0.2, 0.25) is 0 Å². The van der Waals surface area contributed by atoms with Gasteiger partial charge in [-0.2, -0.15) is 0 Å². The summed E-state index contributed by atoms with van der Waals surface area (Å²) < 4.78 is 27.8. The maximum Gasteiger partial charge on any atom is 0.258 e. The van der Waals surface area contributed by atoms with Gasteiger partial charge in [0.1, 0.15) is 12.1 Å². The summed E-state index contributed by atoms with van der Waals surface area (Å²) in [5.41, 5.74) is 0.401. The predicted octanol–water partition coefficient (Wildman–Crippen LogP) is 0.385. The van der Waals surface area contributed by atoms with Crippen LogP contribution in [-0.2, 0) is 10.0 Å². The van der Waals surface area contributed by atoms with E-state index in [0.29, 0.717) is 5.75 Å².